The molecule has 0 saturated carbocycles. The van der Waals surface area contributed by atoms with E-state index in [2.05, 4.69) is 5.16 Å². The molecule has 0 heterocycles. The van der Waals surface area contributed by atoms with Crippen molar-refractivity contribution in [2.75, 3.05) is 54.2 Å². The number of carbonyl (C=O) groups excluding carboxylic acids is 1. The van der Waals surface area contributed by atoms with Gasteiger partial charge in [-0.05, 0) is 13.3 Å². The molecule has 0 aromatic carbocycles. The summed E-state index contributed by atoms with van der Waals surface area (Å²) in [6.45, 7) is 3.42. The van der Waals surface area contributed by atoms with Gasteiger partial charge in [-0.1, -0.05) is 5.16 Å². The molecule has 0 saturated heterocycles. The van der Waals surface area contributed by atoms with Gasteiger partial charge in [0.05, 0.1) is 26.4 Å². The highest BCUT2D eigenvalue weighted by Crippen LogP contribution is 1.92. The number of ketones is 1. The van der Waals surface area contributed by atoms with Gasteiger partial charge >= 0.3 is 0 Å². The van der Waals surface area contributed by atoms with Gasteiger partial charge in [-0.3, -0.25) is 0 Å². The Balaban J connectivity index is 3.21. The smallest absolute Gasteiger partial charge is 0.218 e. The van der Waals surface area contributed by atoms with Crippen LogP contribution in [0, 0.1) is 0 Å². The number of oxime groups is 1. The van der Waals surface area contributed by atoms with Crippen molar-refractivity contribution in [1.82, 2.24) is 0 Å². The van der Waals surface area contributed by atoms with E-state index >= 15 is 0 Å². The van der Waals surface area contributed by atoms with Gasteiger partial charge < -0.3 is 33.3 Å². The van der Waals surface area contributed by atoms with Crippen LogP contribution in [-0.4, -0.2) is 72.3 Å². The molecule has 0 aromatic rings. The zero-order valence-corrected chi connectivity index (χ0v) is 13.6. The van der Waals surface area contributed by atoms with Crippen LogP contribution in [0.1, 0.15) is 19.8 Å². The summed E-state index contributed by atoms with van der Waals surface area (Å²) in [6, 6.07) is 0. The van der Waals surface area contributed by atoms with E-state index in [1.807, 2.05) is 0 Å². The van der Waals surface area contributed by atoms with Crippen molar-refractivity contribution in [3.63, 3.8) is 0 Å². The molecule has 22 heavy (non-hydrogen) atoms. The highest BCUT2D eigenvalue weighted by atomic mass is 16.8. The average molecular weight is 321 g/mol. The van der Waals surface area contributed by atoms with Crippen LogP contribution in [0.25, 0.3) is 0 Å². The molecule has 0 radical (unpaired) electrons. The van der Waals surface area contributed by atoms with Crippen LogP contribution in [0.2, 0.25) is 0 Å². The highest BCUT2D eigenvalue weighted by molar-refractivity contribution is 5.78. The Hall–Kier alpha value is -1.06. The minimum absolute atomic E-state index is 0.00296. The first-order valence-corrected chi connectivity index (χ1v) is 7.08. The third kappa shape index (κ3) is 15.3. The zero-order valence-electron chi connectivity index (χ0n) is 13.6. The molecule has 0 aliphatic rings. The number of Topliss-reactive ketones (excluding diaryl/α,β-unsaturated/α-hetero) is 1. The van der Waals surface area contributed by atoms with E-state index in [0.29, 0.717) is 39.3 Å². The van der Waals surface area contributed by atoms with Gasteiger partial charge in [-0.15, -0.1) is 0 Å². The molecule has 0 bridgehead atoms. The fraction of sp³-hybridized carbons (Fsp3) is 0.857. The number of methoxy groups -OCH3 is 2. The summed E-state index contributed by atoms with van der Waals surface area (Å²) in [5, 5.41) is 3.63. The Bertz CT molecular complexity index is 286. The van der Waals surface area contributed by atoms with Crippen molar-refractivity contribution < 1.29 is 33.3 Å². The van der Waals surface area contributed by atoms with Crippen LogP contribution in [0.5, 0.6) is 0 Å². The lowest BCUT2D eigenvalue weighted by Crippen LogP contribution is -2.24. The van der Waals surface area contributed by atoms with E-state index in [-0.39, 0.29) is 25.5 Å². The van der Waals surface area contributed by atoms with E-state index in [9.17, 15) is 4.79 Å². The Morgan fingerprint density at radius 3 is 2.55 bits per heavy atom. The Morgan fingerprint density at radius 2 is 1.86 bits per heavy atom. The lowest BCUT2D eigenvalue weighted by Gasteiger charge is -2.14. The molecule has 0 aliphatic heterocycles. The summed E-state index contributed by atoms with van der Waals surface area (Å²) in [6.07, 6.45) is 2.49. The Labute approximate surface area is 131 Å². The van der Waals surface area contributed by atoms with Crippen LogP contribution < -0.4 is 0 Å². The normalized spacial score (nSPS) is 12.7. The van der Waals surface area contributed by atoms with Crippen LogP contribution >= 0.6 is 0 Å². The molecule has 0 fully saturated rings. The number of hydrogen-bond acceptors (Lipinski definition) is 8. The molecule has 130 valence electrons. The summed E-state index contributed by atoms with van der Waals surface area (Å²) in [7, 11) is 3.22. The van der Waals surface area contributed by atoms with Crippen molar-refractivity contribution >= 4 is 12.0 Å². The maximum Gasteiger partial charge on any atom is 0.218 e. The maximum atomic E-state index is 10.6. The third-order valence-electron chi connectivity index (χ3n) is 2.44. The minimum atomic E-state index is -0.0736. The van der Waals surface area contributed by atoms with Crippen molar-refractivity contribution in [1.29, 1.82) is 0 Å². The third-order valence-corrected chi connectivity index (χ3v) is 2.44. The highest BCUT2D eigenvalue weighted by Gasteiger charge is 2.06. The van der Waals surface area contributed by atoms with Crippen molar-refractivity contribution in [3.05, 3.63) is 0 Å². The molecule has 0 aliphatic carbocycles. The summed E-state index contributed by atoms with van der Waals surface area (Å²) < 4.78 is 25.7. The van der Waals surface area contributed by atoms with Gasteiger partial charge in [0, 0.05) is 26.9 Å². The van der Waals surface area contributed by atoms with Gasteiger partial charge in [0.15, 0.2) is 6.79 Å². The summed E-state index contributed by atoms with van der Waals surface area (Å²) in [5.74, 6) is 0.123. The standard InChI is InChI=1S/C14H27NO7/c1-13(16)5-4-6-15-22-12-21-11-20-8-7-19-10-14(18-3)9-17-2/h6,14H,4-5,7-12H2,1-3H3/b15-6-. The largest absolute Gasteiger partial charge is 0.382 e. The van der Waals surface area contributed by atoms with E-state index < -0.39 is 0 Å². The molecule has 1 atom stereocenters. The monoisotopic (exact) mass is 321 g/mol. The minimum Gasteiger partial charge on any atom is -0.382 e. The second-order valence-corrected chi connectivity index (χ2v) is 4.39. The van der Waals surface area contributed by atoms with Gasteiger partial charge in [-0.2, -0.15) is 0 Å². The Morgan fingerprint density at radius 1 is 1.09 bits per heavy atom. The number of hydrogen-bond donors (Lipinski definition) is 0. The number of carbonyl (C=O) groups is 1. The predicted molar refractivity (Wildman–Crippen MR) is 79.8 cm³/mol. The van der Waals surface area contributed by atoms with E-state index in [0.717, 1.165) is 0 Å². The summed E-state index contributed by atoms with van der Waals surface area (Å²) in [4.78, 5) is 15.5. The van der Waals surface area contributed by atoms with Crippen molar-refractivity contribution in [2.45, 2.75) is 25.9 Å². The number of rotatable bonds is 16. The summed E-state index contributed by atoms with van der Waals surface area (Å²) >= 11 is 0. The lowest BCUT2D eigenvalue weighted by molar-refractivity contribution is -0.138. The van der Waals surface area contributed by atoms with Crippen LogP contribution in [0.15, 0.2) is 5.16 Å². The fourth-order valence-electron chi connectivity index (χ4n) is 1.30. The topological polar surface area (TPSA) is 84.8 Å². The first-order chi connectivity index (χ1) is 10.7. The van der Waals surface area contributed by atoms with Gasteiger partial charge in [0.2, 0.25) is 6.79 Å². The van der Waals surface area contributed by atoms with Crippen molar-refractivity contribution in [3.8, 4) is 0 Å². The molecule has 0 rings (SSSR count). The van der Waals surface area contributed by atoms with E-state index in [4.69, 9.17) is 28.5 Å². The molecule has 0 aromatic heterocycles. The SMILES string of the molecule is COCC(COCCOCOCO/N=C\CCC(C)=O)OC. The summed E-state index contributed by atoms with van der Waals surface area (Å²) in [5.41, 5.74) is 0. The molecule has 8 heteroatoms. The van der Waals surface area contributed by atoms with Crippen LogP contribution in [0.4, 0.5) is 0 Å². The van der Waals surface area contributed by atoms with E-state index in [1.165, 1.54) is 13.1 Å². The lowest BCUT2D eigenvalue weighted by atomic mass is 10.2. The predicted octanol–water partition coefficient (Wildman–Crippen LogP) is 0.984. The molecule has 1 unspecified atom stereocenters. The molecular formula is C14H27NO7. The fourth-order valence-corrected chi connectivity index (χ4v) is 1.30. The molecular weight excluding hydrogens is 294 g/mol. The van der Waals surface area contributed by atoms with Gasteiger partial charge in [-0.25, -0.2) is 0 Å². The quantitative estimate of drug-likeness (QED) is 0.181. The maximum absolute atomic E-state index is 10.6. The number of ether oxygens (including phenoxy) is 5. The number of nitrogens with zero attached hydrogens (tertiary/aromatic N) is 1. The molecule has 0 amide bonds. The van der Waals surface area contributed by atoms with Crippen LogP contribution in [-0.2, 0) is 33.3 Å². The first kappa shape index (κ1) is 20.9. The van der Waals surface area contributed by atoms with Crippen LogP contribution in [0.3, 0.4) is 0 Å². The molecule has 8 nitrogen and oxygen atoms in total. The van der Waals surface area contributed by atoms with Gasteiger partial charge in [0.25, 0.3) is 0 Å². The zero-order chi connectivity index (χ0) is 16.5. The molecule has 0 spiro atoms. The Kier molecular flexibility index (Phi) is 15.5. The second kappa shape index (κ2) is 16.3. The molecule has 0 N–H and O–H groups in total. The van der Waals surface area contributed by atoms with Gasteiger partial charge in [0.1, 0.15) is 11.9 Å². The second-order valence-electron chi connectivity index (χ2n) is 4.39. The average Bonchev–Trinajstić information content (AvgIpc) is 2.50. The van der Waals surface area contributed by atoms with E-state index in [1.54, 1.807) is 14.2 Å². The first-order valence-electron chi connectivity index (χ1n) is 7.08. The van der Waals surface area contributed by atoms with Crippen molar-refractivity contribution in [2.24, 2.45) is 5.16 Å².